The van der Waals surface area contributed by atoms with E-state index in [4.69, 9.17) is 32.9 Å². The van der Waals surface area contributed by atoms with Crippen LogP contribution in [0.15, 0.2) is 48.7 Å². The van der Waals surface area contributed by atoms with E-state index in [2.05, 4.69) is 47.0 Å². The number of imidazole rings is 1. The molecule has 30 heavy (non-hydrogen) atoms. The smallest absolute Gasteiger partial charge is 0.143 e. The topological polar surface area (TPSA) is 30.3 Å². The first-order valence-corrected chi connectivity index (χ1v) is 11.3. The Balaban J connectivity index is 1.54. The molecule has 3 aromatic rings. The van der Waals surface area contributed by atoms with Crippen LogP contribution < -0.4 is 0 Å². The van der Waals surface area contributed by atoms with Gasteiger partial charge in [0.2, 0.25) is 0 Å². The van der Waals surface area contributed by atoms with Crippen LogP contribution in [0.25, 0.3) is 11.3 Å². The van der Waals surface area contributed by atoms with Crippen molar-refractivity contribution >= 4 is 23.2 Å². The molecule has 0 aliphatic carbocycles. The Bertz CT molecular complexity index is 1060. The van der Waals surface area contributed by atoms with Gasteiger partial charge in [0.25, 0.3) is 0 Å². The monoisotopic (exact) mass is 441 g/mol. The lowest BCUT2D eigenvalue weighted by atomic mass is 10.00. The molecule has 1 saturated heterocycles. The maximum absolute atomic E-state index is 6.75. The zero-order chi connectivity index (χ0) is 20.7. The van der Waals surface area contributed by atoms with Gasteiger partial charge in [0.05, 0.1) is 16.8 Å². The number of nitrogens with zero attached hydrogens (tertiary/aromatic N) is 3. The molecule has 1 aromatic heterocycles. The molecule has 2 aliphatic rings. The quantitative estimate of drug-likeness (QED) is 0.528. The Morgan fingerprint density at radius 2 is 1.83 bits per heavy atom. The van der Waals surface area contributed by atoms with E-state index in [1.165, 1.54) is 11.1 Å². The molecular formula is C24H25Cl2N3O. The number of piperidine rings is 1. The summed E-state index contributed by atoms with van der Waals surface area (Å²) < 4.78 is 8.98. The third-order valence-electron chi connectivity index (χ3n) is 6.20. The van der Waals surface area contributed by atoms with E-state index in [0.29, 0.717) is 10.0 Å². The van der Waals surface area contributed by atoms with Gasteiger partial charge < -0.3 is 14.2 Å². The lowest BCUT2D eigenvalue weighted by Crippen LogP contribution is -2.35. The Morgan fingerprint density at radius 1 is 1.03 bits per heavy atom. The summed E-state index contributed by atoms with van der Waals surface area (Å²) in [5.41, 5.74) is 4.33. The van der Waals surface area contributed by atoms with Gasteiger partial charge in [-0.1, -0.05) is 47.5 Å². The SMILES string of the molecule is CN1CCC(OC2c3ccccc3CCn3cc(-c4ccc(Cl)cc4Cl)nc32)CC1. The number of ether oxygens (including phenoxy) is 1. The van der Waals surface area contributed by atoms with Crippen molar-refractivity contribution in [2.75, 3.05) is 20.1 Å². The first kappa shape index (κ1) is 20.1. The number of benzene rings is 2. The van der Waals surface area contributed by atoms with E-state index >= 15 is 0 Å². The van der Waals surface area contributed by atoms with E-state index in [1.807, 2.05) is 12.1 Å². The highest BCUT2D eigenvalue weighted by molar-refractivity contribution is 6.36. The molecule has 6 heteroatoms. The first-order chi connectivity index (χ1) is 14.6. The molecule has 0 bridgehead atoms. The molecule has 0 N–H and O–H groups in total. The number of hydrogen-bond acceptors (Lipinski definition) is 3. The van der Waals surface area contributed by atoms with Crippen LogP contribution in [0.3, 0.4) is 0 Å². The molecule has 0 spiro atoms. The Morgan fingerprint density at radius 3 is 2.63 bits per heavy atom. The predicted molar refractivity (Wildman–Crippen MR) is 121 cm³/mol. The number of hydrogen-bond donors (Lipinski definition) is 0. The number of aromatic nitrogens is 2. The van der Waals surface area contributed by atoms with Gasteiger partial charge in [-0.2, -0.15) is 0 Å². The lowest BCUT2D eigenvalue weighted by Gasteiger charge is -2.32. The minimum atomic E-state index is -0.170. The standard InChI is InChI=1S/C24H25Cl2N3O/c1-28-11-9-18(10-12-28)30-23-19-5-3-2-4-16(19)8-13-29-15-22(27-24(23)29)20-7-6-17(25)14-21(20)26/h2-7,14-15,18,23H,8-13H2,1H3. The molecule has 1 fully saturated rings. The van der Waals surface area contributed by atoms with Crippen LogP contribution in [-0.4, -0.2) is 40.7 Å². The molecule has 2 aliphatic heterocycles. The van der Waals surface area contributed by atoms with Crippen molar-refractivity contribution in [2.24, 2.45) is 0 Å². The molecule has 4 nitrogen and oxygen atoms in total. The molecule has 156 valence electrons. The van der Waals surface area contributed by atoms with Crippen molar-refractivity contribution in [2.45, 2.75) is 38.0 Å². The Labute approximate surface area is 187 Å². The fourth-order valence-corrected chi connectivity index (χ4v) is 5.00. The second-order valence-corrected chi connectivity index (χ2v) is 9.11. The van der Waals surface area contributed by atoms with Crippen molar-refractivity contribution in [1.29, 1.82) is 0 Å². The molecule has 0 amide bonds. The zero-order valence-corrected chi connectivity index (χ0v) is 18.5. The van der Waals surface area contributed by atoms with Crippen LogP contribution in [-0.2, 0) is 17.7 Å². The summed E-state index contributed by atoms with van der Waals surface area (Å²) in [4.78, 5) is 7.40. The largest absolute Gasteiger partial charge is 0.362 e. The van der Waals surface area contributed by atoms with Gasteiger partial charge >= 0.3 is 0 Å². The van der Waals surface area contributed by atoms with Crippen LogP contribution in [0.2, 0.25) is 10.0 Å². The summed E-state index contributed by atoms with van der Waals surface area (Å²) in [6.07, 6.45) is 5.22. The van der Waals surface area contributed by atoms with Crippen molar-refractivity contribution < 1.29 is 4.74 Å². The second-order valence-electron chi connectivity index (χ2n) is 8.27. The first-order valence-electron chi connectivity index (χ1n) is 10.5. The minimum Gasteiger partial charge on any atom is -0.362 e. The third kappa shape index (κ3) is 3.90. The Kier molecular flexibility index (Phi) is 5.59. The number of halogens is 2. The van der Waals surface area contributed by atoms with Crippen LogP contribution in [0.4, 0.5) is 0 Å². The summed E-state index contributed by atoms with van der Waals surface area (Å²) in [7, 11) is 2.17. The number of likely N-dealkylation sites (tertiary alicyclic amines) is 1. The molecular weight excluding hydrogens is 417 g/mol. The molecule has 1 unspecified atom stereocenters. The highest BCUT2D eigenvalue weighted by atomic mass is 35.5. The molecule has 5 rings (SSSR count). The average molecular weight is 442 g/mol. The van der Waals surface area contributed by atoms with Crippen LogP contribution in [0.5, 0.6) is 0 Å². The highest BCUT2D eigenvalue weighted by Crippen LogP contribution is 2.37. The summed E-state index contributed by atoms with van der Waals surface area (Å²) in [5, 5.41) is 1.24. The fraction of sp³-hybridized carbons (Fsp3) is 0.375. The lowest BCUT2D eigenvalue weighted by molar-refractivity contribution is -0.0275. The van der Waals surface area contributed by atoms with Gasteiger partial charge in [-0.3, -0.25) is 0 Å². The average Bonchev–Trinajstić information content (AvgIpc) is 3.10. The van der Waals surface area contributed by atoms with E-state index < -0.39 is 0 Å². The fourth-order valence-electron chi connectivity index (χ4n) is 4.49. The molecule has 1 atom stereocenters. The van der Waals surface area contributed by atoms with Crippen LogP contribution >= 0.6 is 23.2 Å². The van der Waals surface area contributed by atoms with Gasteiger partial charge in [0.15, 0.2) is 0 Å². The van der Waals surface area contributed by atoms with Crippen molar-refractivity contribution in [3.05, 3.63) is 75.7 Å². The number of fused-ring (bicyclic) bond motifs is 2. The van der Waals surface area contributed by atoms with Crippen molar-refractivity contribution in [3.63, 3.8) is 0 Å². The number of aryl methyl sites for hydroxylation is 2. The van der Waals surface area contributed by atoms with Gasteiger partial charge in [0.1, 0.15) is 11.9 Å². The van der Waals surface area contributed by atoms with E-state index in [0.717, 1.165) is 56.0 Å². The van der Waals surface area contributed by atoms with Gasteiger partial charge in [-0.15, -0.1) is 0 Å². The number of rotatable bonds is 3. The van der Waals surface area contributed by atoms with E-state index in [-0.39, 0.29) is 12.2 Å². The van der Waals surface area contributed by atoms with Gasteiger partial charge in [-0.25, -0.2) is 4.98 Å². The maximum Gasteiger partial charge on any atom is 0.143 e. The minimum absolute atomic E-state index is 0.170. The Hall–Kier alpha value is -1.85. The zero-order valence-electron chi connectivity index (χ0n) is 17.0. The van der Waals surface area contributed by atoms with Gasteiger partial charge in [0, 0.05) is 36.4 Å². The van der Waals surface area contributed by atoms with Crippen LogP contribution in [0, 0.1) is 0 Å². The molecule has 3 heterocycles. The normalized spacial score (nSPS) is 19.9. The van der Waals surface area contributed by atoms with Gasteiger partial charge in [-0.05, 0) is 55.6 Å². The van der Waals surface area contributed by atoms with Crippen molar-refractivity contribution in [3.8, 4) is 11.3 Å². The van der Waals surface area contributed by atoms with Crippen LogP contribution in [0.1, 0.15) is 35.9 Å². The highest BCUT2D eigenvalue weighted by Gasteiger charge is 2.30. The van der Waals surface area contributed by atoms with Crippen molar-refractivity contribution in [1.82, 2.24) is 14.5 Å². The third-order valence-corrected chi connectivity index (χ3v) is 6.75. The second kappa shape index (κ2) is 8.35. The molecule has 0 saturated carbocycles. The van der Waals surface area contributed by atoms with E-state index in [9.17, 15) is 0 Å². The summed E-state index contributed by atoms with van der Waals surface area (Å²) >= 11 is 12.6. The molecule has 2 aromatic carbocycles. The summed E-state index contributed by atoms with van der Waals surface area (Å²) in [6.45, 7) is 3.01. The summed E-state index contributed by atoms with van der Waals surface area (Å²) in [6, 6.07) is 14.2. The maximum atomic E-state index is 6.75. The van der Waals surface area contributed by atoms with E-state index in [1.54, 1.807) is 6.07 Å². The predicted octanol–water partition coefficient (Wildman–Crippen LogP) is 5.61. The molecule has 0 radical (unpaired) electrons. The summed E-state index contributed by atoms with van der Waals surface area (Å²) in [5.74, 6) is 0.958.